The zero-order chi connectivity index (χ0) is 47.7. The summed E-state index contributed by atoms with van der Waals surface area (Å²) in [6, 6.07) is 23.7. The zero-order valence-electron chi connectivity index (χ0n) is 37.5. The first-order valence-corrected chi connectivity index (χ1v) is 24.9. The minimum atomic E-state index is -0.273. The number of nitrogen functional groups attached to an aromatic ring is 1. The maximum absolute atomic E-state index is 11.7. The molecule has 2 aliphatic heterocycles. The second-order valence-electron chi connectivity index (χ2n) is 15.1. The van der Waals surface area contributed by atoms with Gasteiger partial charge in [0.05, 0.1) is 12.4 Å². The van der Waals surface area contributed by atoms with Gasteiger partial charge < -0.3 is 36.0 Å². The highest BCUT2D eigenvalue weighted by molar-refractivity contribution is 7.99. The maximum Gasteiger partial charge on any atom is 0.221 e. The van der Waals surface area contributed by atoms with Crippen LogP contribution in [0.5, 0.6) is 0 Å². The highest BCUT2D eigenvalue weighted by Crippen LogP contribution is 2.32. The number of likely N-dealkylation sites (N-methyl/N-ethyl adjacent to an activating group) is 2. The van der Waals surface area contributed by atoms with Gasteiger partial charge in [-0.1, -0.05) is 48.7 Å². The van der Waals surface area contributed by atoms with Crippen molar-refractivity contribution in [2.24, 2.45) is 0 Å². The van der Waals surface area contributed by atoms with E-state index in [4.69, 9.17) is 37.8 Å². The van der Waals surface area contributed by atoms with Gasteiger partial charge in [0.15, 0.2) is 20.6 Å². The summed E-state index contributed by atoms with van der Waals surface area (Å²) in [5.41, 5.74) is 7.52. The molecule has 0 bridgehead atoms. The number of hydrogen-bond acceptors (Lipinski definition) is 21. The Morgan fingerprint density at radius 2 is 1.10 bits per heavy atom. The van der Waals surface area contributed by atoms with Crippen molar-refractivity contribution in [3.63, 3.8) is 0 Å². The predicted molar refractivity (Wildman–Crippen MR) is 269 cm³/mol. The van der Waals surface area contributed by atoms with Crippen molar-refractivity contribution in [2.75, 3.05) is 92.6 Å². The Bertz CT molecular complexity index is 2650. The first-order valence-electron chi connectivity index (χ1n) is 21.3. The smallest absolute Gasteiger partial charge is 0.221 e. The van der Waals surface area contributed by atoms with Crippen LogP contribution < -0.4 is 26.2 Å². The van der Waals surface area contributed by atoms with E-state index in [9.17, 15) is 9.59 Å². The first-order chi connectivity index (χ1) is 32.4. The number of carbonyl (C=O) groups excluding carboxylic acids is 2. The van der Waals surface area contributed by atoms with E-state index in [1.165, 1.54) is 46.2 Å². The molecule has 0 saturated carbocycles. The molecule has 4 N–H and O–H groups in total. The second kappa shape index (κ2) is 25.3. The van der Waals surface area contributed by atoms with Crippen molar-refractivity contribution in [1.29, 1.82) is 10.5 Å². The van der Waals surface area contributed by atoms with E-state index in [1.54, 1.807) is 19.3 Å². The van der Waals surface area contributed by atoms with Gasteiger partial charge in [-0.25, -0.2) is 29.9 Å². The number of rotatable bonds is 14. The third-order valence-electron chi connectivity index (χ3n) is 10.0. The molecule has 0 spiro atoms. The van der Waals surface area contributed by atoms with Crippen LogP contribution in [0.1, 0.15) is 42.0 Å². The monoisotopic (exact) mass is 995 g/mol. The molecule has 2 aromatic carbocycles. The number of ketones is 1. The molecule has 2 fully saturated rings. The molecule has 22 heteroatoms. The Kier molecular flexibility index (Phi) is 19.1. The van der Waals surface area contributed by atoms with Gasteiger partial charge in [-0.2, -0.15) is 10.5 Å². The van der Waals surface area contributed by atoms with Crippen LogP contribution in [0.25, 0.3) is 0 Å². The van der Waals surface area contributed by atoms with Gasteiger partial charge in [0.25, 0.3) is 0 Å². The fraction of sp³-hybridized carbons (Fsp3) is 0.333. The van der Waals surface area contributed by atoms with Gasteiger partial charge in [0, 0.05) is 99.2 Å². The topological polar surface area (TPSA) is 222 Å². The Morgan fingerprint density at radius 1 is 0.687 bits per heavy atom. The molecule has 17 nitrogen and oxygen atoms in total. The number of nitrogens with two attached hydrogens (primary N) is 1. The molecule has 2 aliphatic rings. The number of halogens is 1. The van der Waals surface area contributed by atoms with Gasteiger partial charge >= 0.3 is 0 Å². The molecule has 6 heterocycles. The van der Waals surface area contributed by atoms with Crippen LogP contribution in [0.2, 0.25) is 0 Å². The molecular formula is C45H50ClN15O2S4. The van der Waals surface area contributed by atoms with Crippen molar-refractivity contribution >= 4 is 108 Å². The maximum atomic E-state index is 11.7. The van der Waals surface area contributed by atoms with Crippen LogP contribution in [0, 0.1) is 22.7 Å². The minimum Gasteiger partial charge on any atom is -0.399 e. The summed E-state index contributed by atoms with van der Waals surface area (Å²) >= 11 is 10.4. The average molecular weight is 997 g/mol. The summed E-state index contributed by atoms with van der Waals surface area (Å²) < 4.78 is 0. The lowest BCUT2D eigenvalue weighted by molar-refractivity contribution is -0.118. The molecule has 6 aromatic rings. The van der Waals surface area contributed by atoms with E-state index in [-0.39, 0.29) is 11.0 Å². The Morgan fingerprint density at radius 3 is 1.48 bits per heavy atom. The molecule has 67 heavy (non-hydrogen) atoms. The number of aromatic nitrogens is 6. The molecule has 0 amide bonds. The molecule has 0 atom stereocenters. The van der Waals surface area contributed by atoms with E-state index in [0.29, 0.717) is 61.2 Å². The van der Waals surface area contributed by atoms with Gasteiger partial charge in [0.2, 0.25) is 5.24 Å². The summed E-state index contributed by atoms with van der Waals surface area (Å²) in [5.74, 6) is 3.28. The number of nitriles is 2. The van der Waals surface area contributed by atoms with E-state index in [0.717, 1.165) is 85.0 Å². The number of nitrogens with zero attached hydrogens (tertiary/aromatic N) is 12. The summed E-state index contributed by atoms with van der Waals surface area (Å²) in [5, 5.41) is 26.8. The third-order valence-corrected chi connectivity index (χ3v) is 13.7. The van der Waals surface area contributed by atoms with E-state index in [1.807, 2.05) is 67.6 Å². The SMILES string of the molecule is CCC(=O)Cc1ccc(Sc2nc(Nc3ncc(C#N)s3)cc(N3CCN(C)CC3)n2)cc1.CCC(=O)Cl.CN1CCN(c2cc(Nc3ncc(C#N)s3)nc(Sc3ccc(N)cc3)n2)CC1. The van der Waals surface area contributed by atoms with Crippen LogP contribution in [-0.2, 0) is 16.0 Å². The standard InChI is InChI=1S/C23H25N7OS2.C19H20N8S2.C3H5ClO/c1-3-17(31)12-16-4-6-18(7-5-16)32-23-27-20(26-22-25-15-19(14-24)33-22)13-21(28-23)30-10-8-29(2)9-11-30;1-26-6-8-27(9-7-26)17-10-16(23-18-22-12-15(11-20)29-18)24-19(25-17)28-14-4-2-13(21)3-5-14;1-2-3(4)5/h4-7,13,15H,3,8-12H2,1-2H3,(H,25,26,27,28);2-5,10,12H,6-9,21H2,1H3,(H,22,23,24,25);2H2,1H3. The average Bonchev–Trinajstić information content (AvgIpc) is 4.00. The van der Waals surface area contributed by atoms with E-state index < -0.39 is 0 Å². The zero-order valence-corrected chi connectivity index (χ0v) is 41.5. The van der Waals surface area contributed by atoms with Crippen molar-refractivity contribution in [1.82, 2.24) is 39.7 Å². The number of hydrogen-bond donors (Lipinski definition) is 3. The van der Waals surface area contributed by atoms with E-state index >= 15 is 0 Å². The summed E-state index contributed by atoms with van der Waals surface area (Å²) in [6.45, 7) is 11.2. The lowest BCUT2D eigenvalue weighted by Gasteiger charge is -2.33. The van der Waals surface area contributed by atoms with Crippen molar-refractivity contribution in [3.05, 3.63) is 88.4 Å². The lowest BCUT2D eigenvalue weighted by atomic mass is 10.1. The molecule has 0 radical (unpaired) electrons. The van der Waals surface area contributed by atoms with Crippen molar-refractivity contribution in [2.45, 2.75) is 53.2 Å². The van der Waals surface area contributed by atoms with Gasteiger partial charge in [-0.3, -0.25) is 9.59 Å². The number of thiazole rings is 2. The summed E-state index contributed by atoms with van der Waals surface area (Å²) in [7, 11) is 4.25. The first kappa shape index (κ1) is 50.5. The third kappa shape index (κ3) is 16.1. The molecular weight excluding hydrogens is 946 g/mol. The summed E-state index contributed by atoms with van der Waals surface area (Å²) in [4.78, 5) is 61.0. The number of piperazine rings is 2. The Hall–Kier alpha value is -5.91. The van der Waals surface area contributed by atoms with Gasteiger partial charge in [-0.05, 0) is 91.2 Å². The predicted octanol–water partition coefficient (Wildman–Crippen LogP) is 8.17. The largest absolute Gasteiger partial charge is 0.399 e. The van der Waals surface area contributed by atoms with Crippen LogP contribution >= 0.6 is 57.8 Å². The molecule has 348 valence electrons. The fourth-order valence-corrected chi connectivity index (χ4v) is 8.97. The highest BCUT2D eigenvalue weighted by atomic mass is 35.5. The number of benzene rings is 2. The number of anilines is 7. The van der Waals surface area contributed by atoms with Gasteiger partial charge in [-0.15, -0.1) is 0 Å². The fourth-order valence-electron chi connectivity index (χ4n) is 6.20. The van der Waals surface area contributed by atoms with Gasteiger partial charge in [0.1, 0.15) is 50.9 Å². The summed E-state index contributed by atoms with van der Waals surface area (Å²) in [6.07, 6.45) is 4.55. The quantitative estimate of drug-likeness (QED) is 0.0532. The molecule has 2 saturated heterocycles. The highest BCUT2D eigenvalue weighted by Gasteiger charge is 2.20. The molecule has 8 rings (SSSR count). The molecule has 0 aliphatic carbocycles. The Balaban J connectivity index is 0.000000202. The Labute approximate surface area is 411 Å². The van der Waals surface area contributed by atoms with E-state index in [2.05, 4.69) is 76.4 Å². The number of nitrogens with one attached hydrogen (secondary N) is 2. The van der Waals surface area contributed by atoms with Crippen molar-refractivity contribution < 1.29 is 9.59 Å². The second-order valence-corrected chi connectivity index (χ2v) is 19.7. The van der Waals surface area contributed by atoms with Crippen molar-refractivity contribution in [3.8, 4) is 12.1 Å². The normalized spacial score (nSPS) is 13.8. The number of carbonyl (C=O) groups is 2. The lowest BCUT2D eigenvalue weighted by Crippen LogP contribution is -2.44. The minimum absolute atomic E-state index is 0.232. The number of Topliss-reactive ketones (excluding diaryl/α,β-unsaturated/α-hetero) is 1. The van der Waals surface area contributed by atoms with Crippen LogP contribution in [-0.4, -0.2) is 117 Å². The van der Waals surface area contributed by atoms with Crippen LogP contribution in [0.15, 0.2) is 93.2 Å². The molecule has 4 aromatic heterocycles. The van der Waals surface area contributed by atoms with Crippen LogP contribution in [0.4, 0.5) is 39.2 Å². The van der Waals surface area contributed by atoms with Crippen LogP contribution in [0.3, 0.4) is 0 Å². The molecule has 0 unspecified atom stereocenters.